The minimum atomic E-state index is -0.204. The second kappa shape index (κ2) is 4.92. The Morgan fingerprint density at radius 1 is 1.42 bits per heavy atom. The van der Waals surface area contributed by atoms with Crippen molar-refractivity contribution in [3.05, 3.63) is 11.6 Å². The fourth-order valence-corrected chi connectivity index (χ4v) is 2.52. The van der Waals surface area contributed by atoms with Crippen molar-refractivity contribution < 1.29 is 9.53 Å². The number of rotatable bonds is 4. The molecule has 19 heavy (non-hydrogen) atoms. The van der Waals surface area contributed by atoms with Gasteiger partial charge in [-0.1, -0.05) is 13.8 Å². The van der Waals surface area contributed by atoms with Crippen molar-refractivity contribution in [2.45, 2.75) is 51.2 Å². The zero-order valence-corrected chi connectivity index (χ0v) is 11.3. The SMILES string of the molecule is CC(C)c1nc(C(=O)NC2CCOC2C2CC2)n[nH]1. The van der Waals surface area contributed by atoms with Crippen molar-refractivity contribution in [1.82, 2.24) is 20.5 Å². The molecule has 6 heteroatoms. The number of ether oxygens (including phenoxy) is 1. The lowest BCUT2D eigenvalue weighted by Gasteiger charge is -2.18. The van der Waals surface area contributed by atoms with Gasteiger partial charge in [-0.3, -0.25) is 9.89 Å². The molecule has 2 unspecified atom stereocenters. The molecule has 1 saturated carbocycles. The number of carbonyl (C=O) groups excluding carboxylic acids is 1. The van der Waals surface area contributed by atoms with Gasteiger partial charge in [0.2, 0.25) is 5.82 Å². The van der Waals surface area contributed by atoms with Crippen molar-refractivity contribution in [2.75, 3.05) is 6.61 Å². The Hall–Kier alpha value is -1.43. The predicted molar refractivity (Wildman–Crippen MR) is 68.8 cm³/mol. The Balaban J connectivity index is 1.63. The van der Waals surface area contributed by atoms with Gasteiger partial charge in [0.15, 0.2) is 0 Å². The Morgan fingerprint density at radius 3 is 2.84 bits per heavy atom. The van der Waals surface area contributed by atoms with Crippen molar-refractivity contribution >= 4 is 5.91 Å². The van der Waals surface area contributed by atoms with E-state index >= 15 is 0 Å². The number of nitrogens with one attached hydrogen (secondary N) is 2. The number of nitrogens with zero attached hydrogens (tertiary/aromatic N) is 2. The van der Waals surface area contributed by atoms with E-state index in [1.807, 2.05) is 13.8 Å². The summed E-state index contributed by atoms with van der Waals surface area (Å²) in [5.41, 5.74) is 0. The van der Waals surface area contributed by atoms with Crippen molar-refractivity contribution in [3.8, 4) is 0 Å². The summed E-state index contributed by atoms with van der Waals surface area (Å²) < 4.78 is 5.71. The highest BCUT2D eigenvalue weighted by Crippen LogP contribution is 2.38. The van der Waals surface area contributed by atoms with E-state index in [4.69, 9.17) is 4.74 Å². The summed E-state index contributed by atoms with van der Waals surface area (Å²) in [5, 5.41) is 9.79. The van der Waals surface area contributed by atoms with Crippen LogP contribution in [0.4, 0.5) is 0 Å². The summed E-state index contributed by atoms with van der Waals surface area (Å²) in [6.45, 7) is 4.75. The van der Waals surface area contributed by atoms with Crippen LogP contribution in [0.3, 0.4) is 0 Å². The minimum Gasteiger partial charge on any atom is -0.376 e. The molecule has 2 fully saturated rings. The maximum Gasteiger partial charge on any atom is 0.291 e. The van der Waals surface area contributed by atoms with Crippen LogP contribution in [-0.4, -0.2) is 39.8 Å². The maximum absolute atomic E-state index is 12.1. The third kappa shape index (κ3) is 2.63. The summed E-state index contributed by atoms with van der Waals surface area (Å²) in [6, 6.07) is 0.112. The molecular weight excluding hydrogens is 244 g/mol. The van der Waals surface area contributed by atoms with Crippen LogP contribution in [0.15, 0.2) is 0 Å². The first-order valence-corrected chi connectivity index (χ1v) is 7.00. The second-order valence-electron chi connectivity index (χ2n) is 5.74. The fraction of sp³-hybridized carbons (Fsp3) is 0.769. The summed E-state index contributed by atoms with van der Waals surface area (Å²) in [6.07, 6.45) is 3.51. The van der Waals surface area contributed by atoms with Gasteiger partial charge in [0, 0.05) is 12.5 Å². The van der Waals surface area contributed by atoms with Gasteiger partial charge in [-0.15, -0.1) is 5.10 Å². The Bertz CT molecular complexity index is 467. The molecule has 0 radical (unpaired) electrons. The van der Waals surface area contributed by atoms with Gasteiger partial charge < -0.3 is 10.1 Å². The molecule has 1 aliphatic heterocycles. The quantitative estimate of drug-likeness (QED) is 0.857. The van der Waals surface area contributed by atoms with Crippen LogP contribution in [0.2, 0.25) is 0 Å². The van der Waals surface area contributed by atoms with Crippen molar-refractivity contribution in [1.29, 1.82) is 0 Å². The second-order valence-corrected chi connectivity index (χ2v) is 5.74. The lowest BCUT2D eigenvalue weighted by atomic mass is 10.1. The third-order valence-electron chi connectivity index (χ3n) is 3.79. The van der Waals surface area contributed by atoms with Gasteiger partial charge in [-0.2, -0.15) is 0 Å². The van der Waals surface area contributed by atoms with E-state index in [-0.39, 0.29) is 29.8 Å². The smallest absolute Gasteiger partial charge is 0.291 e. The van der Waals surface area contributed by atoms with Gasteiger partial charge in [0.05, 0.1) is 12.1 Å². The van der Waals surface area contributed by atoms with E-state index in [0.29, 0.717) is 5.92 Å². The monoisotopic (exact) mass is 264 g/mol. The summed E-state index contributed by atoms with van der Waals surface area (Å²) in [7, 11) is 0. The van der Waals surface area contributed by atoms with Crippen LogP contribution in [0.5, 0.6) is 0 Å². The highest BCUT2D eigenvalue weighted by molar-refractivity contribution is 5.90. The van der Waals surface area contributed by atoms with E-state index in [0.717, 1.165) is 18.9 Å². The number of H-pyrrole nitrogens is 1. The average Bonchev–Trinajstić information content (AvgIpc) is 2.93. The van der Waals surface area contributed by atoms with Crippen LogP contribution < -0.4 is 5.32 Å². The van der Waals surface area contributed by atoms with Crippen LogP contribution in [0.25, 0.3) is 0 Å². The zero-order chi connectivity index (χ0) is 13.4. The Morgan fingerprint density at radius 2 is 2.21 bits per heavy atom. The van der Waals surface area contributed by atoms with Gasteiger partial charge in [-0.05, 0) is 25.2 Å². The van der Waals surface area contributed by atoms with E-state index in [1.165, 1.54) is 12.8 Å². The van der Waals surface area contributed by atoms with Crippen LogP contribution in [-0.2, 0) is 4.74 Å². The van der Waals surface area contributed by atoms with E-state index < -0.39 is 0 Å². The molecule has 104 valence electrons. The lowest BCUT2D eigenvalue weighted by Crippen LogP contribution is -2.41. The topological polar surface area (TPSA) is 79.9 Å². The highest BCUT2D eigenvalue weighted by Gasteiger charge is 2.41. The molecule has 2 aliphatic rings. The summed E-state index contributed by atoms with van der Waals surface area (Å²) in [5.74, 6) is 1.63. The number of hydrogen-bond acceptors (Lipinski definition) is 4. The van der Waals surface area contributed by atoms with Gasteiger partial charge in [-0.25, -0.2) is 4.98 Å². The molecule has 0 spiro atoms. The van der Waals surface area contributed by atoms with E-state index in [1.54, 1.807) is 0 Å². The zero-order valence-electron chi connectivity index (χ0n) is 11.3. The first kappa shape index (κ1) is 12.6. The summed E-state index contributed by atoms with van der Waals surface area (Å²) >= 11 is 0. The molecule has 0 aromatic carbocycles. The van der Waals surface area contributed by atoms with Gasteiger partial charge >= 0.3 is 0 Å². The largest absolute Gasteiger partial charge is 0.376 e. The Kier molecular flexibility index (Phi) is 3.26. The minimum absolute atomic E-state index is 0.112. The van der Waals surface area contributed by atoms with Crippen molar-refractivity contribution in [2.24, 2.45) is 5.92 Å². The number of carbonyl (C=O) groups is 1. The van der Waals surface area contributed by atoms with Gasteiger partial charge in [0.25, 0.3) is 5.91 Å². The first-order valence-electron chi connectivity index (χ1n) is 7.00. The molecule has 0 bridgehead atoms. The molecule has 1 saturated heterocycles. The average molecular weight is 264 g/mol. The molecule has 1 aliphatic carbocycles. The molecule has 2 heterocycles. The molecule has 1 amide bonds. The molecule has 1 aromatic rings. The van der Waals surface area contributed by atoms with E-state index in [2.05, 4.69) is 20.5 Å². The van der Waals surface area contributed by atoms with Crippen LogP contribution in [0.1, 0.15) is 55.5 Å². The molecule has 2 N–H and O–H groups in total. The van der Waals surface area contributed by atoms with Gasteiger partial charge in [0.1, 0.15) is 5.82 Å². The fourth-order valence-electron chi connectivity index (χ4n) is 2.52. The molecule has 1 aromatic heterocycles. The van der Waals surface area contributed by atoms with Crippen LogP contribution >= 0.6 is 0 Å². The first-order chi connectivity index (χ1) is 9.15. The molecular formula is C13H20N4O2. The number of aromatic nitrogens is 3. The summed E-state index contributed by atoms with van der Waals surface area (Å²) in [4.78, 5) is 16.3. The standard InChI is InChI=1S/C13H20N4O2/c1-7(2)11-15-12(17-16-11)13(18)14-9-5-6-19-10(9)8-3-4-8/h7-10H,3-6H2,1-2H3,(H,14,18)(H,15,16,17). The van der Waals surface area contributed by atoms with Crippen molar-refractivity contribution in [3.63, 3.8) is 0 Å². The lowest BCUT2D eigenvalue weighted by molar-refractivity contribution is 0.0725. The molecule has 2 atom stereocenters. The number of aromatic amines is 1. The molecule has 6 nitrogen and oxygen atoms in total. The Labute approximate surface area is 112 Å². The molecule has 3 rings (SSSR count). The maximum atomic E-state index is 12.1. The third-order valence-corrected chi connectivity index (χ3v) is 3.79. The number of hydrogen-bond donors (Lipinski definition) is 2. The van der Waals surface area contributed by atoms with Crippen LogP contribution in [0, 0.1) is 5.92 Å². The highest BCUT2D eigenvalue weighted by atomic mass is 16.5. The normalized spacial score (nSPS) is 26.9. The van der Waals surface area contributed by atoms with E-state index in [9.17, 15) is 4.79 Å². The number of amides is 1. The predicted octanol–water partition coefficient (Wildman–Crippen LogP) is 1.23.